The first-order valence-electron chi connectivity index (χ1n) is 5.66. The van der Waals surface area contributed by atoms with Crippen LogP contribution in [0.4, 0.5) is 0 Å². The van der Waals surface area contributed by atoms with Crippen molar-refractivity contribution in [3.63, 3.8) is 0 Å². The number of H-pyrrole nitrogens is 1. The van der Waals surface area contributed by atoms with E-state index in [-0.39, 0.29) is 6.10 Å². The zero-order valence-electron chi connectivity index (χ0n) is 9.29. The molecule has 1 heterocycles. The van der Waals surface area contributed by atoms with Crippen molar-refractivity contribution in [2.24, 2.45) is 0 Å². The fraction of sp³-hybridized carbons (Fsp3) is 0.385. The van der Waals surface area contributed by atoms with Crippen molar-refractivity contribution in [1.29, 1.82) is 0 Å². The number of benzene rings is 1. The zero-order chi connectivity index (χ0) is 11.1. The van der Waals surface area contributed by atoms with Crippen LogP contribution in [0.1, 0.15) is 30.2 Å². The summed E-state index contributed by atoms with van der Waals surface area (Å²) in [5, 5.41) is 11.1. The maximum absolute atomic E-state index is 9.93. The molecule has 1 atom stereocenters. The summed E-state index contributed by atoms with van der Waals surface area (Å²) < 4.78 is 5.23. The zero-order valence-corrected chi connectivity index (χ0v) is 9.29. The van der Waals surface area contributed by atoms with Crippen molar-refractivity contribution in [3.8, 4) is 5.75 Å². The van der Waals surface area contributed by atoms with Gasteiger partial charge in [0, 0.05) is 16.6 Å². The van der Waals surface area contributed by atoms with Crippen LogP contribution < -0.4 is 4.74 Å². The fourth-order valence-electron chi connectivity index (χ4n) is 2.54. The molecule has 2 aromatic rings. The Kier molecular flexibility index (Phi) is 2.14. The molecule has 16 heavy (non-hydrogen) atoms. The third kappa shape index (κ3) is 1.32. The second-order valence-corrected chi connectivity index (χ2v) is 4.34. The van der Waals surface area contributed by atoms with Crippen LogP contribution in [0.15, 0.2) is 18.2 Å². The predicted molar refractivity (Wildman–Crippen MR) is 62.7 cm³/mol. The summed E-state index contributed by atoms with van der Waals surface area (Å²) in [7, 11) is 1.68. The Bertz CT molecular complexity index is 530. The van der Waals surface area contributed by atoms with E-state index in [1.54, 1.807) is 7.11 Å². The van der Waals surface area contributed by atoms with Gasteiger partial charge in [0.1, 0.15) is 5.75 Å². The van der Waals surface area contributed by atoms with Crippen LogP contribution in [0.5, 0.6) is 5.75 Å². The van der Waals surface area contributed by atoms with Gasteiger partial charge in [-0.05, 0) is 43.0 Å². The lowest BCUT2D eigenvalue weighted by atomic mass is 9.93. The van der Waals surface area contributed by atoms with Crippen LogP contribution in [0.25, 0.3) is 10.9 Å². The first kappa shape index (κ1) is 9.73. The van der Waals surface area contributed by atoms with E-state index >= 15 is 0 Å². The molecule has 1 unspecified atom stereocenters. The van der Waals surface area contributed by atoms with Crippen LogP contribution in [0.3, 0.4) is 0 Å². The number of rotatable bonds is 1. The molecule has 0 aliphatic heterocycles. The monoisotopic (exact) mass is 217 g/mol. The van der Waals surface area contributed by atoms with E-state index in [1.165, 1.54) is 10.9 Å². The van der Waals surface area contributed by atoms with Crippen molar-refractivity contribution in [2.45, 2.75) is 25.4 Å². The number of aromatic nitrogens is 1. The second kappa shape index (κ2) is 3.52. The molecule has 1 aromatic heterocycles. The number of aromatic amines is 1. The number of nitrogens with one attached hydrogen (secondary N) is 1. The minimum atomic E-state index is -0.331. The van der Waals surface area contributed by atoms with Gasteiger partial charge in [-0.3, -0.25) is 0 Å². The van der Waals surface area contributed by atoms with E-state index in [0.717, 1.165) is 36.2 Å². The van der Waals surface area contributed by atoms with Crippen molar-refractivity contribution >= 4 is 10.9 Å². The number of fused-ring (bicyclic) bond motifs is 3. The summed E-state index contributed by atoms with van der Waals surface area (Å²) >= 11 is 0. The smallest absolute Gasteiger partial charge is 0.119 e. The van der Waals surface area contributed by atoms with Crippen LogP contribution in [-0.4, -0.2) is 17.2 Å². The van der Waals surface area contributed by atoms with E-state index in [9.17, 15) is 5.11 Å². The SMILES string of the molecule is COc1ccc2[nH]c3c(c2c1)CCCC3O. The van der Waals surface area contributed by atoms with Gasteiger partial charge in [-0.2, -0.15) is 0 Å². The van der Waals surface area contributed by atoms with Crippen molar-refractivity contribution in [2.75, 3.05) is 7.11 Å². The molecule has 1 aliphatic rings. The van der Waals surface area contributed by atoms with Gasteiger partial charge in [-0.1, -0.05) is 0 Å². The van der Waals surface area contributed by atoms with Crippen molar-refractivity contribution in [1.82, 2.24) is 4.98 Å². The molecule has 0 bridgehead atoms. The van der Waals surface area contributed by atoms with E-state index in [0.29, 0.717) is 0 Å². The van der Waals surface area contributed by atoms with E-state index in [2.05, 4.69) is 4.98 Å². The van der Waals surface area contributed by atoms with Crippen LogP contribution in [-0.2, 0) is 6.42 Å². The highest BCUT2D eigenvalue weighted by molar-refractivity contribution is 5.86. The number of aryl methyl sites for hydroxylation is 1. The Balaban J connectivity index is 2.25. The molecule has 3 nitrogen and oxygen atoms in total. The average Bonchev–Trinajstić information content (AvgIpc) is 2.68. The summed E-state index contributed by atoms with van der Waals surface area (Å²) in [5.41, 5.74) is 3.34. The van der Waals surface area contributed by atoms with Gasteiger partial charge in [-0.25, -0.2) is 0 Å². The van der Waals surface area contributed by atoms with Gasteiger partial charge in [0.25, 0.3) is 0 Å². The minimum absolute atomic E-state index is 0.331. The summed E-state index contributed by atoms with van der Waals surface area (Å²) in [4.78, 5) is 3.31. The second-order valence-electron chi connectivity index (χ2n) is 4.34. The topological polar surface area (TPSA) is 45.2 Å². The molecule has 3 rings (SSSR count). The molecule has 2 N–H and O–H groups in total. The van der Waals surface area contributed by atoms with Crippen molar-refractivity contribution < 1.29 is 9.84 Å². The lowest BCUT2D eigenvalue weighted by molar-refractivity contribution is 0.153. The molecule has 1 aromatic carbocycles. The molecule has 1 aliphatic carbocycles. The number of ether oxygens (including phenoxy) is 1. The summed E-state index contributed by atoms with van der Waals surface area (Å²) in [6, 6.07) is 6.00. The third-order valence-electron chi connectivity index (χ3n) is 3.38. The number of aliphatic hydroxyl groups excluding tert-OH is 1. The van der Waals surface area contributed by atoms with Gasteiger partial charge in [0.15, 0.2) is 0 Å². The molecule has 0 fully saturated rings. The van der Waals surface area contributed by atoms with Crippen LogP contribution >= 0.6 is 0 Å². The molecule has 84 valence electrons. The third-order valence-corrected chi connectivity index (χ3v) is 3.38. The van der Waals surface area contributed by atoms with E-state index in [4.69, 9.17) is 4.74 Å². The van der Waals surface area contributed by atoms with Gasteiger partial charge in [-0.15, -0.1) is 0 Å². The molecular weight excluding hydrogens is 202 g/mol. The first-order valence-corrected chi connectivity index (χ1v) is 5.66. The summed E-state index contributed by atoms with van der Waals surface area (Å²) in [6.45, 7) is 0. The highest BCUT2D eigenvalue weighted by Crippen LogP contribution is 2.35. The maximum atomic E-state index is 9.93. The van der Waals surface area contributed by atoms with Crippen LogP contribution in [0.2, 0.25) is 0 Å². The largest absolute Gasteiger partial charge is 0.497 e. The Hall–Kier alpha value is -1.48. The number of hydrogen-bond acceptors (Lipinski definition) is 2. The van der Waals surface area contributed by atoms with E-state index < -0.39 is 0 Å². The van der Waals surface area contributed by atoms with Crippen LogP contribution in [0, 0.1) is 0 Å². The summed E-state index contributed by atoms with van der Waals surface area (Å²) in [6.07, 6.45) is 2.62. The molecule has 0 amide bonds. The first-order chi connectivity index (χ1) is 7.79. The predicted octanol–water partition coefficient (Wildman–Crippen LogP) is 2.55. The minimum Gasteiger partial charge on any atom is -0.497 e. The number of aliphatic hydroxyl groups is 1. The molecule has 0 spiro atoms. The Morgan fingerprint density at radius 1 is 1.44 bits per heavy atom. The molecule has 3 heteroatoms. The lowest BCUT2D eigenvalue weighted by Crippen LogP contribution is -2.07. The van der Waals surface area contributed by atoms with Gasteiger partial charge in [0.05, 0.1) is 13.2 Å². The quantitative estimate of drug-likeness (QED) is 0.771. The van der Waals surface area contributed by atoms with Crippen molar-refractivity contribution in [3.05, 3.63) is 29.5 Å². The Morgan fingerprint density at radius 2 is 2.31 bits per heavy atom. The highest BCUT2D eigenvalue weighted by Gasteiger charge is 2.22. The Morgan fingerprint density at radius 3 is 3.12 bits per heavy atom. The van der Waals surface area contributed by atoms with Gasteiger partial charge in [0.2, 0.25) is 0 Å². The number of methoxy groups -OCH3 is 1. The normalized spacial score (nSPS) is 19.8. The molecular formula is C13H15NO2. The maximum Gasteiger partial charge on any atom is 0.119 e. The standard InChI is InChI=1S/C13H15NO2/c1-16-8-5-6-11-10(7-8)9-3-2-4-12(15)13(9)14-11/h5-7,12,14-15H,2-4H2,1H3. The molecule has 0 saturated heterocycles. The van der Waals surface area contributed by atoms with E-state index in [1.807, 2.05) is 18.2 Å². The fourth-order valence-corrected chi connectivity index (χ4v) is 2.54. The molecule has 0 saturated carbocycles. The van der Waals surface area contributed by atoms with Gasteiger partial charge < -0.3 is 14.8 Å². The summed E-state index contributed by atoms with van der Waals surface area (Å²) in [5.74, 6) is 0.870. The Labute approximate surface area is 94.0 Å². The lowest BCUT2D eigenvalue weighted by Gasteiger charge is -2.17. The van der Waals surface area contributed by atoms with Gasteiger partial charge >= 0.3 is 0 Å². The highest BCUT2D eigenvalue weighted by atomic mass is 16.5. The number of hydrogen-bond donors (Lipinski definition) is 2. The average molecular weight is 217 g/mol. The molecule has 0 radical (unpaired) electrons.